The Balaban J connectivity index is 0.00000176. The molecule has 22 heavy (non-hydrogen) atoms. The van der Waals surface area contributed by atoms with Gasteiger partial charge in [0.1, 0.15) is 0 Å². The third kappa shape index (κ3) is 3.04. The number of sulfonamides is 1. The Morgan fingerprint density at radius 3 is 2.41 bits per heavy atom. The van der Waals surface area contributed by atoms with Crippen LogP contribution in [0.15, 0.2) is 17.0 Å². The molecule has 2 aliphatic rings. The summed E-state index contributed by atoms with van der Waals surface area (Å²) < 4.78 is 27.8. The minimum Gasteiger partial charge on any atom is -0.314 e. The fourth-order valence-corrected chi connectivity index (χ4v) is 5.86. The van der Waals surface area contributed by atoms with Crippen LogP contribution in [0.4, 0.5) is 0 Å². The molecule has 124 valence electrons. The first-order valence-electron chi connectivity index (χ1n) is 7.71. The molecular weight excluding hydrogens is 320 g/mol. The number of nitrogens with zero attached hydrogens (tertiary/aromatic N) is 1. The van der Waals surface area contributed by atoms with Gasteiger partial charge in [-0.3, -0.25) is 0 Å². The number of benzene rings is 1. The summed E-state index contributed by atoms with van der Waals surface area (Å²) in [6.07, 6.45) is 2.01. The van der Waals surface area contributed by atoms with Crippen LogP contribution >= 0.6 is 12.4 Å². The number of fused-ring (bicyclic) bond motifs is 1. The molecule has 2 heterocycles. The molecule has 6 heteroatoms. The van der Waals surface area contributed by atoms with Gasteiger partial charge in [0, 0.05) is 19.1 Å². The number of halogens is 1. The largest absolute Gasteiger partial charge is 0.314 e. The van der Waals surface area contributed by atoms with Gasteiger partial charge < -0.3 is 5.32 Å². The number of nitrogens with one attached hydrogen (secondary N) is 1. The fourth-order valence-electron chi connectivity index (χ4n) is 3.94. The Labute approximate surface area is 139 Å². The lowest BCUT2D eigenvalue weighted by Crippen LogP contribution is -2.47. The second-order valence-electron chi connectivity index (χ2n) is 6.49. The van der Waals surface area contributed by atoms with Crippen molar-refractivity contribution in [2.75, 3.05) is 19.6 Å². The highest BCUT2D eigenvalue weighted by atomic mass is 35.5. The maximum absolute atomic E-state index is 13.0. The van der Waals surface area contributed by atoms with Crippen molar-refractivity contribution in [1.29, 1.82) is 0 Å². The van der Waals surface area contributed by atoms with E-state index in [1.807, 2.05) is 32.9 Å². The average Bonchev–Trinajstić information content (AvgIpc) is 2.83. The van der Waals surface area contributed by atoms with E-state index in [-0.39, 0.29) is 12.4 Å². The van der Waals surface area contributed by atoms with Crippen LogP contribution in [-0.4, -0.2) is 38.4 Å². The number of hydrogen-bond donors (Lipinski definition) is 1. The zero-order chi connectivity index (χ0) is 15.2. The summed E-state index contributed by atoms with van der Waals surface area (Å²) in [4.78, 5) is 0.512. The molecule has 0 amide bonds. The van der Waals surface area contributed by atoms with Crippen molar-refractivity contribution >= 4 is 22.4 Å². The number of piperidine rings is 1. The Morgan fingerprint density at radius 2 is 1.77 bits per heavy atom. The minimum atomic E-state index is -3.37. The van der Waals surface area contributed by atoms with Gasteiger partial charge >= 0.3 is 0 Å². The third-order valence-corrected chi connectivity index (χ3v) is 6.99. The Morgan fingerprint density at radius 1 is 1.14 bits per heavy atom. The van der Waals surface area contributed by atoms with Gasteiger partial charge in [0.15, 0.2) is 0 Å². The highest BCUT2D eigenvalue weighted by Gasteiger charge is 2.38. The van der Waals surface area contributed by atoms with Crippen LogP contribution in [0.5, 0.6) is 0 Å². The minimum absolute atomic E-state index is 0. The van der Waals surface area contributed by atoms with E-state index < -0.39 is 10.0 Å². The van der Waals surface area contributed by atoms with Crippen LogP contribution < -0.4 is 5.32 Å². The summed E-state index contributed by atoms with van der Waals surface area (Å²) in [5.41, 5.74) is 2.83. The van der Waals surface area contributed by atoms with E-state index in [2.05, 4.69) is 5.32 Å². The molecule has 0 spiro atoms. The van der Waals surface area contributed by atoms with Gasteiger partial charge in [-0.15, -0.1) is 12.4 Å². The van der Waals surface area contributed by atoms with Gasteiger partial charge in [-0.25, -0.2) is 8.42 Å². The molecule has 0 bridgehead atoms. The standard InChI is InChI=1S/C16H24N2O2S.ClH/c1-11-8-12(2)16(13(3)9-11)21(19,20)18-7-5-15-14(10-18)4-6-17-15;/h8-9,14-15,17H,4-7,10H2,1-3H3;1H. The molecular formula is C16H25ClN2O2S. The summed E-state index contributed by atoms with van der Waals surface area (Å²) in [5, 5.41) is 3.48. The second kappa shape index (κ2) is 6.48. The molecule has 0 radical (unpaired) electrons. The SMILES string of the molecule is Cc1cc(C)c(S(=O)(=O)N2CCC3NCCC3C2)c(C)c1.Cl. The molecule has 0 aromatic heterocycles. The molecule has 1 N–H and O–H groups in total. The molecule has 0 saturated carbocycles. The fraction of sp³-hybridized carbons (Fsp3) is 0.625. The predicted octanol–water partition coefficient (Wildman–Crippen LogP) is 2.41. The first kappa shape index (κ1) is 17.7. The van der Waals surface area contributed by atoms with E-state index in [1.165, 1.54) is 0 Å². The van der Waals surface area contributed by atoms with E-state index in [4.69, 9.17) is 0 Å². The Bertz CT molecular complexity index is 637. The van der Waals surface area contributed by atoms with Crippen molar-refractivity contribution in [3.05, 3.63) is 28.8 Å². The lowest BCUT2D eigenvalue weighted by molar-refractivity contribution is 0.247. The van der Waals surface area contributed by atoms with Crippen LogP contribution in [0, 0.1) is 26.7 Å². The van der Waals surface area contributed by atoms with Gasteiger partial charge in [0.25, 0.3) is 0 Å². The zero-order valence-electron chi connectivity index (χ0n) is 13.4. The topological polar surface area (TPSA) is 49.4 Å². The molecule has 1 aromatic rings. The second-order valence-corrected chi connectivity index (χ2v) is 8.36. The van der Waals surface area contributed by atoms with Crippen LogP contribution in [-0.2, 0) is 10.0 Å². The van der Waals surface area contributed by atoms with Gasteiger partial charge in [0.05, 0.1) is 4.90 Å². The van der Waals surface area contributed by atoms with Crippen LogP contribution in [0.25, 0.3) is 0 Å². The van der Waals surface area contributed by atoms with Gasteiger partial charge in [-0.2, -0.15) is 4.31 Å². The summed E-state index contributed by atoms with van der Waals surface area (Å²) in [7, 11) is -3.37. The Hall–Kier alpha value is -0.620. The van der Waals surface area contributed by atoms with Crippen molar-refractivity contribution in [3.63, 3.8) is 0 Å². The van der Waals surface area contributed by atoms with E-state index in [0.29, 0.717) is 29.9 Å². The molecule has 4 nitrogen and oxygen atoms in total. The van der Waals surface area contributed by atoms with E-state index >= 15 is 0 Å². The summed E-state index contributed by atoms with van der Waals surface area (Å²) in [6, 6.07) is 4.43. The van der Waals surface area contributed by atoms with Gasteiger partial charge in [-0.1, -0.05) is 17.7 Å². The number of hydrogen-bond acceptors (Lipinski definition) is 3. The van der Waals surface area contributed by atoms with Crippen LogP contribution in [0.3, 0.4) is 0 Å². The average molecular weight is 345 g/mol. The lowest BCUT2D eigenvalue weighted by atomic mass is 9.95. The highest BCUT2D eigenvalue weighted by Crippen LogP contribution is 2.31. The molecule has 1 aromatic carbocycles. The van der Waals surface area contributed by atoms with Gasteiger partial charge in [-0.05, 0) is 57.2 Å². The maximum Gasteiger partial charge on any atom is 0.243 e. The molecule has 0 aliphatic carbocycles. The summed E-state index contributed by atoms with van der Waals surface area (Å²) in [6.45, 7) is 8.11. The number of aryl methyl sites for hydroxylation is 3. The van der Waals surface area contributed by atoms with Crippen molar-refractivity contribution in [3.8, 4) is 0 Å². The zero-order valence-corrected chi connectivity index (χ0v) is 15.1. The van der Waals surface area contributed by atoms with Gasteiger partial charge in [0.2, 0.25) is 10.0 Å². The molecule has 2 fully saturated rings. The van der Waals surface area contributed by atoms with Crippen molar-refractivity contribution in [2.24, 2.45) is 5.92 Å². The Kier molecular flexibility index (Phi) is 5.22. The molecule has 2 unspecified atom stereocenters. The molecule has 3 rings (SSSR count). The normalized spacial score (nSPS) is 25.6. The first-order valence-corrected chi connectivity index (χ1v) is 9.15. The van der Waals surface area contributed by atoms with Crippen molar-refractivity contribution in [2.45, 2.75) is 44.6 Å². The quantitative estimate of drug-likeness (QED) is 0.896. The highest BCUT2D eigenvalue weighted by molar-refractivity contribution is 7.89. The van der Waals surface area contributed by atoms with E-state index in [1.54, 1.807) is 4.31 Å². The number of rotatable bonds is 2. The first-order chi connectivity index (χ1) is 9.89. The maximum atomic E-state index is 13.0. The lowest BCUT2D eigenvalue weighted by Gasteiger charge is -2.34. The summed E-state index contributed by atoms with van der Waals surface area (Å²) >= 11 is 0. The van der Waals surface area contributed by atoms with Crippen LogP contribution in [0.2, 0.25) is 0 Å². The van der Waals surface area contributed by atoms with Crippen molar-refractivity contribution < 1.29 is 8.42 Å². The smallest absolute Gasteiger partial charge is 0.243 e. The van der Waals surface area contributed by atoms with Crippen molar-refractivity contribution in [1.82, 2.24) is 9.62 Å². The predicted molar refractivity (Wildman–Crippen MR) is 91.2 cm³/mol. The summed E-state index contributed by atoms with van der Waals surface area (Å²) in [5.74, 6) is 0.472. The molecule has 2 saturated heterocycles. The third-order valence-electron chi connectivity index (χ3n) is 4.82. The van der Waals surface area contributed by atoms with E-state index in [0.717, 1.165) is 36.1 Å². The monoisotopic (exact) mass is 344 g/mol. The molecule has 2 aliphatic heterocycles. The molecule has 2 atom stereocenters. The van der Waals surface area contributed by atoms with Crippen LogP contribution in [0.1, 0.15) is 29.5 Å². The van der Waals surface area contributed by atoms with E-state index in [9.17, 15) is 8.42 Å².